The number of fused-ring (bicyclic) bond motifs is 1. The highest BCUT2D eigenvalue weighted by Crippen LogP contribution is 2.37. The van der Waals surface area contributed by atoms with E-state index in [1.807, 2.05) is 0 Å². The molecule has 0 amide bonds. The maximum absolute atomic E-state index is 11.1. The van der Waals surface area contributed by atoms with Gasteiger partial charge in [0.1, 0.15) is 0 Å². The summed E-state index contributed by atoms with van der Waals surface area (Å²) in [6.45, 7) is -0.000976. The number of rotatable bonds is 5. The van der Waals surface area contributed by atoms with Crippen LogP contribution in [0.1, 0.15) is 5.56 Å². The Morgan fingerprint density at radius 3 is 2.54 bits per heavy atom. The van der Waals surface area contributed by atoms with E-state index in [0.29, 0.717) is 17.2 Å². The van der Waals surface area contributed by atoms with Crippen molar-refractivity contribution in [2.75, 3.05) is 12.2 Å². The van der Waals surface area contributed by atoms with E-state index in [4.69, 9.17) is 9.47 Å². The van der Waals surface area contributed by atoms with Crippen molar-refractivity contribution in [2.24, 2.45) is 5.10 Å². The monoisotopic (exact) mass is 330 g/mol. The third-order valence-corrected chi connectivity index (χ3v) is 3.17. The molecule has 0 radical (unpaired) electrons. The smallest absolute Gasteiger partial charge is 0.282 e. The lowest BCUT2D eigenvalue weighted by molar-refractivity contribution is -0.385. The highest BCUT2D eigenvalue weighted by atomic mass is 16.7. The van der Waals surface area contributed by atoms with E-state index >= 15 is 0 Å². The first-order valence-corrected chi connectivity index (χ1v) is 6.66. The third-order valence-electron chi connectivity index (χ3n) is 3.17. The molecule has 1 aliphatic rings. The van der Waals surface area contributed by atoms with E-state index in [9.17, 15) is 20.2 Å². The van der Waals surface area contributed by atoms with Gasteiger partial charge in [-0.25, -0.2) is 0 Å². The second kappa shape index (κ2) is 6.20. The maximum atomic E-state index is 11.1. The van der Waals surface area contributed by atoms with E-state index in [0.717, 1.165) is 0 Å². The third kappa shape index (κ3) is 3.06. The molecule has 3 rings (SSSR count). The first-order chi connectivity index (χ1) is 11.5. The van der Waals surface area contributed by atoms with Crippen LogP contribution in [0.15, 0.2) is 41.5 Å². The molecule has 0 fully saturated rings. The summed E-state index contributed by atoms with van der Waals surface area (Å²) in [5.41, 5.74) is 2.90. The molecule has 10 nitrogen and oxygen atoms in total. The fourth-order valence-electron chi connectivity index (χ4n) is 2.07. The number of hydrogen-bond acceptors (Lipinski definition) is 8. The Morgan fingerprint density at radius 1 is 1.08 bits per heavy atom. The molecule has 0 saturated heterocycles. The van der Waals surface area contributed by atoms with Gasteiger partial charge >= 0.3 is 0 Å². The summed E-state index contributed by atoms with van der Waals surface area (Å²) in [4.78, 5) is 20.8. The van der Waals surface area contributed by atoms with Gasteiger partial charge in [0, 0.05) is 12.1 Å². The number of ether oxygens (including phenoxy) is 2. The van der Waals surface area contributed by atoms with Gasteiger partial charge in [-0.3, -0.25) is 25.7 Å². The quantitative estimate of drug-likeness (QED) is 0.506. The van der Waals surface area contributed by atoms with Gasteiger partial charge in [0.25, 0.3) is 11.4 Å². The van der Waals surface area contributed by atoms with Crippen LogP contribution in [0.4, 0.5) is 17.1 Å². The minimum Gasteiger partial charge on any atom is -0.454 e. The maximum Gasteiger partial charge on any atom is 0.282 e. The minimum absolute atomic E-state index is 0.000976. The van der Waals surface area contributed by atoms with Gasteiger partial charge in [-0.1, -0.05) is 6.07 Å². The summed E-state index contributed by atoms with van der Waals surface area (Å²) in [5.74, 6) is 0.683. The van der Waals surface area contributed by atoms with E-state index < -0.39 is 9.85 Å². The van der Waals surface area contributed by atoms with Gasteiger partial charge in [-0.2, -0.15) is 5.10 Å². The summed E-state index contributed by atoms with van der Waals surface area (Å²) in [6, 6.07) is 8.43. The minimum atomic E-state index is -0.559. The first kappa shape index (κ1) is 15.2. The molecule has 0 atom stereocenters. The van der Waals surface area contributed by atoms with Crippen LogP contribution in [0.25, 0.3) is 0 Å². The summed E-state index contributed by atoms with van der Waals surface area (Å²) in [7, 11) is 0. The van der Waals surface area contributed by atoms with Crippen LogP contribution in [0.3, 0.4) is 0 Å². The van der Waals surface area contributed by atoms with Gasteiger partial charge in [-0.05, 0) is 12.1 Å². The number of anilines is 1. The predicted molar refractivity (Wildman–Crippen MR) is 83.5 cm³/mol. The lowest BCUT2D eigenvalue weighted by atomic mass is 10.1. The fourth-order valence-corrected chi connectivity index (χ4v) is 2.07. The Kier molecular flexibility index (Phi) is 3.93. The van der Waals surface area contributed by atoms with Crippen molar-refractivity contribution in [3.63, 3.8) is 0 Å². The van der Waals surface area contributed by atoms with Crippen LogP contribution >= 0.6 is 0 Å². The van der Waals surface area contributed by atoms with Crippen LogP contribution in [0.2, 0.25) is 0 Å². The van der Waals surface area contributed by atoms with Gasteiger partial charge in [-0.15, -0.1) is 0 Å². The van der Waals surface area contributed by atoms with Crippen molar-refractivity contribution >= 4 is 23.3 Å². The SMILES string of the molecule is O=[N+]([O-])c1cccc(NN=Cc2cc3c(cc2[N+](=O)[O-])OCO3)c1. The van der Waals surface area contributed by atoms with Crippen LogP contribution in [-0.2, 0) is 0 Å². The van der Waals surface area contributed by atoms with Gasteiger partial charge in [0.15, 0.2) is 11.5 Å². The number of nitro benzene ring substituents is 2. The Balaban J connectivity index is 1.83. The first-order valence-electron chi connectivity index (χ1n) is 6.66. The summed E-state index contributed by atoms with van der Waals surface area (Å²) in [5, 5.41) is 25.7. The van der Waals surface area contributed by atoms with Gasteiger partial charge in [0.05, 0.1) is 33.4 Å². The largest absolute Gasteiger partial charge is 0.454 e. The lowest BCUT2D eigenvalue weighted by Gasteiger charge is -2.02. The zero-order valence-electron chi connectivity index (χ0n) is 12.0. The molecule has 1 N–H and O–H groups in total. The number of nitrogens with one attached hydrogen (secondary N) is 1. The van der Waals surface area contributed by atoms with Crippen LogP contribution in [0.5, 0.6) is 11.5 Å². The predicted octanol–water partition coefficient (Wildman–Crippen LogP) is 2.68. The number of nitro groups is 2. The molecule has 0 aromatic heterocycles. The number of hydrogen-bond donors (Lipinski definition) is 1. The standard InChI is InChI=1S/C14H10N4O6/c19-17(20)11-3-1-2-10(5-11)16-15-7-9-4-13-14(24-8-23-13)6-12(9)18(21)22/h1-7,16H,8H2. The Bertz CT molecular complexity index is 851. The van der Waals surface area contributed by atoms with Gasteiger partial charge < -0.3 is 9.47 Å². The Morgan fingerprint density at radius 2 is 1.83 bits per heavy atom. The summed E-state index contributed by atoms with van der Waals surface area (Å²) >= 11 is 0. The summed E-state index contributed by atoms with van der Waals surface area (Å²) < 4.78 is 10.3. The molecule has 24 heavy (non-hydrogen) atoms. The second-order valence-corrected chi connectivity index (χ2v) is 4.70. The van der Waals surface area contributed by atoms with E-state index in [1.165, 1.54) is 36.5 Å². The molecule has 10 heteroatoms. The molecule has 122 valence electrons. The molecule has 1 aliphatic heterocycles. The molecule has 0 saturated carbocycles. The van der Waals surface area contributed by atoms with E-state index in [-0.39, 0.29) is 23.7 Å². The van der Waals surface area contributed by atoms with Crippen molar-refractivity contribution in [1.29, 1.82) is 0 Å². The van der Waals surface area contributed by atoms with E-state index in [2.05, 4.69) is 10.5 Å². The van der Waals surface area contributed by atoms with Gasteiger partial charge in [0.2, 0.25) is 6.79 Å². The van der Waals surface area contributed by atoms with Crippen LogP contribution < -0.4 is 14.9 Å². The van der Waals surface area contributed by atoms with Crippen molar-refractivity contribution in [3.05, 3.63) is 62.2 Å². The second-order valence-electron chi connectivity index (χ2n) is 4.70. The molecule has 0 bridgehead atoms. The average molecular weight is 330 g/mol. The fraction of sp³-hybridized carbons (Fsp3) is 0.0714. The molecule has 0 aliphatic carbocycles. The molecular weight excluding hydrogens is 320 g/mol. The zero-order valence-corrected chi connectivity index (χ0v) is 12.0. The lowest BCUT2D eigenvalue weighted by Crippen LogP contribution is -1.97. The average Bonchev–Trinajstić information content (AvgIpc) is 3.01. The normalized spacial score (nSPS) is 12.3. The van der Waals surface area contributed by atoms with E-state index in [1.54, 1.807) is 6.07 Å². The molecule has 0 spiro atoms. The van der Waals surface area contributed by atoms with Crippen LogP contribution in [0, 0.1) is 20.2 Å². The van der Waals surface area contributed by atoms with Crippen molar-refractivity contribution in [1.82, 2.24) is 0 Å². The zero-order chi connectivity index (χ0) is 17.1. The molecule has 0 unspecified atom stereocenters. The Labute approximate surface area is 134 Å². The number of nitrogens with zero attached hydrogens (tertiary/aromatic N) is 3. The number of non-ortho nitro benzene ring substituents is 1. The highest BCUT2D eigenvalue weighted by molar-refractivity contribution is 5.87. The molecule has 2 aromatic carbocycles. The number of hydrazone groups is 1. The molecular formula is C14H10N4O6. The van der Waals surface area contributed by atoms with Crippen LogP contribution in [-0.4, -0.2) is 22.9 Å². The molecule has 2 aromatic rings. The van der Waals surface area contributed by atoms with Crippen molar-refractivity contribution < 1.29 is 19.3 Å². The topological polar surface area (TPSA) is 129 Å². The molecule has 1 heterocycles. The summed E-state index contributed by atoms with van der Waals surface area (Å²) in [6.07, 6.45) is 1.24. The Hall–Kier alpha value is -3.69. The van der Waals surface area contributed by atoms with Crippen molar-refractivity contribution in [2.45, 2.75) is 0 Å². The number of benzene rings is 2. The highest BCUT2D eigenvalue weighted by Gasteiger charge is 2.22. The van der Waals surface area contributed by atoms with Crippen molar-refractivity contribution in [3.8, 4) is 11.5 Å².